The van der Waals surface area contributed by atoms with Crippen LogP contribution in [0.5, 0.6) is 0 Å². The van der Waals surface area contributed by atoms with Crippen molar-refractivity contribution in [2.75, 3.05) is 13.1 Å². The van der Waals surface area contributed by atoms with E-state index in [-0.39, 0.29) is 24.4 Å². The molecule has 1 aliphatic heterocycles. The van der Waals surface area contributed by atoms with Gasteiger partial charge in [-0.15, -0.1) is 23.7 Å². The van der Waals surface area contributed by atoms with Crippen LogP contribution in [0.1, 0.15) is 23.2 Å². The van der Waals surface area contributed by atoms with Gasteiger partial charge in [0.15, 0.2) is 0 Å². The predicted molar refractivity (Wildman–Crippen MR) is 80.3 cm³/mol. The summed E-state index contributed by atoms with van der Waals surface area (Å²) < 4.78 is 1.84. The second-order valence-corrected chi connectivity index (χ2v) is 7.50. The molecule has 1 amide bonds. The van der Waals surface area contributed by atoms with E-state index in [9.17, 15) is 4.79 Å². The smallest absolute Gasteiger partial charge is 0.253 e. The minimum absolute atomic E-state index is 0. The van der Waals surface area contributed by atoms with Crippen LogP contribution in [0.15, 0.2) is 13.6 Å². The molecule has 0 spiro atoms. The maximum atomic E-state index is 12.0. The van der Waals surface area contributed by atoms with E-state index < -0.39 is 0 Å². The molecule has 0 aromatic carbocycles. The number of nitrogens with one attached hydrogen (secondary N) is 2. The quantitative estimate of drug-likeness (QED) is 0.795. The molecule has 1 aromatic rings. The Morgan fingerprint density at radius 2 is 2.29 bits per heavy atom. The second kappa shape index (κ2) is 7.09. The highest BCUT2D eigenvalue weighted by atomic mass is 79.9. The molecule has 1 saturated heterocycles. The van der Waals surface area contributed by atoms with Crippen LogP contribution < -0.4 is 10.6 Å². The normalized spacial score (nSPS) is 19.5. The lowest BCUT2D eigenvalue weighted by atomic mass is 10.1. The molecule has 0 aliphatic carbocycles. The highest BCUT2D eigenvalue weighted by molar-refractivity contribution is 9.12. The van der Waals surface area contributed by atoms with Gasteiger partial charge < -0.3 is 10.6 Å². The Morgan fingerprint density at radius 3 is 2.82 bits per heavy atom. The average molecular weight is 405 g/mol. The summed E-state index contributed by atoms with van der Waals surface area (Å²) in [5.74, 6) is 0.00234. The molecule has 1 atom stereocenters. The molecule has 0 bridgehead atoms. The lowest BCUT2D eigenvalue weighted by Crippen LogP contribution is -2.45. The number of rotatable bonds is 2. The topological polar surface area (TPSA) is 41.1 Å². The van der Waals surface area contributed by atoms with Crippen molar-refractivity contribution in [3.63, 3.8) is 0 Å². The van der Waals surface area contributed by atoms with Gasteiger partial charge in [-0.2, -0.15) is 0 Å². The highest BCUT2D eigenvalue weighted by Crippen LogP contribution is 2.31. The standard InChI is InChI=1S/C10H12Br2N2OS.ClH/c11-8-4-7(9(12)16-8)10(15)14-6-2-1-3-13-5-6;/h4,6,13H,1-3,5H2,(H,14,15);1H/t6-;/m0./s1. The van der Waals surface area contributed by atoms with Crippen molar-refractivity contribution >= 4 is 61.5 Å². The molecule has 7 heteroatoms. The number of thiophene rings is 1. The molecule has 0 radical (unpaired) electrons. The van der Waals surface area contributed by atoms with Gasteiger partial charge in [0.2, 0.25) is 0 Å². The molecule has 96 valence electrons. The van der Waals surface area contributed by atoms with Crippen LogP contribution in [0.4, 0.5) is 0 Å². The fourth-order valence-corrected chi connectivity index (χ4v) is 4.53. The molecule has 3 nitrogen and oxygen atoms in total. The molecule has 17 heavy (non-hydrogen) atoms. The lowest BCUT2D eigenvalue weighted by Gasteiger charge is -2.23. The zero-order valence-corrected chi connectivity index (χ0v) is 13.8. The molecule has 2 rings (SSSR count). The second-order valence-electron chi connectivity index (χ2n) is 3.75. The maximum Gasteiger partial charge on any atom is 0.253 e. The van der Waals surface area contributed by atoms with Crippen LogP contribution in [-0.2, 0) is 0 Å². The Balaban J connectivity index is 0.00000144. The summed E-state index contributed by atoms with van der Waals surface area (Å²) in [4.78, 5) is 12.0. The van der Waals surface area contributed by atoms with Crippen LogP contribution in [0.3, 0.4) is 0 Å². The Bertz CT molecular complexity index is 394. The zero-order chi connectivity index (χ0) is 11.5. The minimum Gasteiger partial charge on any atom is -0.348 e. The molecular formula is C10H13Br2ClN2OS. The van der Waals surface area contributed by atoms with E-state index in [1.807, 2.05) is 6.07 Å². The Hall–Kier alpha value is 0.380. The third kappa shape index (κ3) is 4.21. The first-order chi connectivity index (χ1) is 7.66. The van der Waals surface area contributed by atoms with E-state index in [4.69, 9.17) is 0 Å². The molecule has 1 aliphatic rings. The van der Waals surface area contributed by atoms with E-state index in [2.05, 4.69) is 42.5 Å². The fourth-order valence-electron chi connectivity index (χ4n) is 1.73. The monoisotopic (exact) mass is 402 g/mol. The first kappa shape index (κ1) is 15.4. The minimum atomic E-state index is 0. The van der Waals surface area contributed by atoms with Crippen molar-refractivity contribution in [3.05, 3.63) is 19.2 Å². The summed E-state index contributed by atoms with van der Waals surface area (Å²) in [5, 5.41) is 6.32. The molecule has 2 heterocycles. The number of halogens is 3. The fraction of sp³-hybridized carbons (Fsp3) is 0.500. The Labute approximate surface area is 127 Å². The van der Waals surface area contributed by atoms with Crippen molar-refractivity contribution in [1.82, 2.24) is 10.6 Å². The average Bonchev–Trinajstić information content (AvgIpc) is 2.59. The van der Waals surface area contributed by atoms with Gasteiger partial charge >= 0.3 is 0 Å². The van der Waals surface area contributed by atoms with Gasteiger partial charge in [0.1, 0.15) is 0 Å². The molecule has 2 N–H and O–H groups in total. The van der Waals surface area contributed by atoms with Crippen molar-refractivity contribution in [2.24, 2.45) is 0 Å². The molecule has 0 unspecified atom stereocenters. The van der Waals surface area contributed by atoms with E-state index >= 15 is 0 Å². The summed E-state index contributed by atoms with van der Waals surface area (Å²) in [6.45, 7) is 1.93. The summed E-state index contributed by atoms with van der Waals surface area (Å²) in [6.07, 6.45) is 2.18. The van der Waals surface area contributed by atoms with Gasteiger partial charge in [0.25, 0.3) is 5.91 Å². The number of carbonyl (C=O) groups is 1. The first-order valence-electron chi connectivity index (χ1n) is 5.13. The lowest BCUT2D eigenvalue weighted by molar-refractivity contribution is 0.0930. The maximum absolute atomic E-state index is 12.0. The van der Waals surface area contributed by atoms with Crippen molar-refractivity contribution in [2.45, 2.75) is 18.9 Å². The summed E-state index contributed by atoms with van der Waals surface area (Å²) >= 11 is 8.28. The largest absolute Gasteiger partial charge is 0.348 e. The molecular weight excluding hydrogens is 391 g/mol. The summed E-state index contributed by atoms with van der Waals surface area (Å²) in [7, 11) is 0. The number of piperidine rings is 1. The molecule has 1 aromatic heterocycles. The van der Waals surface area contributed by atoms with E-state index in [0.29, 0.717) is 5.56 Å². The van der Waals surface area contributed by atoms with E-state index in [1.54, 1.807) is 0 Å². The zero-order valence-electron chi connectivity index (χ0n) is 8.96. The van der Waals surface area contributed by atoms with Crippen LogP contribution in [0.2, 0.25) is 0 Å². The Morgan fingerprint density at radius 1 is 1.53 bits per heavy atom. The number of hydrogen-bond acceptors (Lipinski definition) is 3. The van der Waals surface area contributed by atoms with Crippen LogP contribution in [0.25, 0.3) is 0 Å². The third-order valence-electron chi connectivity index (χ3n) is 2.53. The van der Waals surface area contributed by atoms with Gasteiger partial charge in [-0.25, -0.2) is 0 Å². The van der Waals surface area contributed by atoms with Crippen LogP contribution >= 0.6 is 55.6 Å². The third-order valence-corrected chi connectivity index (χ3v) is 4.87. The van der Waals surface area contributed by atoms with Crippen molar-refractivity contribution in [3.8, 4) is 0 Å². The number of hydrogen-bond donors (Lipinski definition) is 2. The summed E-state index contributed by atoms with van der Waals surface area (Å²) in [5.41, 5.74) is 0.711. The van der Waals surface area contributed by atoms with Crippen LogP contribution in [-0.4, -0.2) is 25.0 Å². The van der Waals surface area contributed by atoms with Crippen molar-refractivity contribution in [1.29, 1.82) is 0 Å². The SMILES string of the molecule is Cl.O=C(N[C@H]1CCCNC1)c1cc(Br)sc1Br. The summed E-state index contributed by atoms with van der Waals surface area (Å²) in [6, 6.07) is 2.10. The van der Waals surface area contributed by atoms with E-state index in [1.165, 1.54) is 11.3 Å². The Kier molecular flexibility index (Phi) is 6.44. The van der Waals surface area contributed by atoms with Gasteiger partial charge in [0.05, 0.1) is 13.1 Å². The number of carbonyl (C=O) groups excluding carboxylic acids is 1. The predicted octanol–water partition coefficient (Wildman–Crippen LogP) is 3.18. The van der Waals surface area contributed by atoms with Gasteiger partial charge in [-0.05, 0) is 57.3 Å². The number of amides is 1. The van der Waals surface area contributed by atoms with Crippen molar-refractivity contribution < 1.29 is 4.79 Å². The first-order valence-corrected chi connectivity index (χ1v) is 7.53. The van der Waals surface area contributed by atoms with Gasteiger partial charge in [0, 0.05) is 12.6 Å². The molecule has 0 saturated carbocycles. The van der Waals surface area contributed by atoms with Gasteiger partial charge in [-0.1, -0.05) is 0 Å². The highest BCUT2D eigenvalue weighted by Gasteiger charge is 2.19. The van der Waals surface area contributed by atoms with Crippen LogP contribution in [0, 0.1) is 0 Å². The van der Waals surface area contributed by atoms with Gasteiger partial charge in [-0.3, -0.25) is 4.79 Å². The molecule has 1 fully saturated rings. The van der Waals surface area contributed by atoms with E-state index in [0.717, 1.165) is 33.5 Å².